The minimum absolute atomic E-state index is 0.741. The quantitative estimate of drug-likeness (QED) is 0.815. The molecule has 2 heteroatoms. The third-order valence-corrected chi connectivity index (χ3v) is 2.85. The highest BCUT2D eigenvalue weighted by atomic mass is 16.5. The van der Waals surface area contributed by atoms with Gasteiger partial charge in [0.15, 0.2) is 0 Å². The van der Waals surface area contributed by atoms with E-state index in [1.165, 1.54) is 16.7 Å². The largest absolute Gasteiger partial charge is 0.493 e. The molecule has 2 rings (SSSR count). The van der Waals surface area contributed by atoms with Crippen LogP contribution in [0.1, 0.15) is 30.5 Å². The zero-order valence-corrected chi connectivity index (χ0v) is 9.47. The number of benzene rings is 1. The van der Waals surface area contributed by atoms with Gasteiger partial charge in [0.1, 0.15) is 5.75 Å². The molecule has 1 N–H and O–H groups in total. The van der Waals surface area contributed by atoms with Gasteiger partial charge in [0.25, 0.3) is 0 Å². The zero-order chi connectivity index (χ0) is 10.7. The Bertz CT molecular complexity index is 347. The second-order valence-electron chi connectivity index (χ2n) is 3.77. The molecule has 0 saturated carbocycles. The molecule has 81 valence electrons. The van der Waals surface area contributed by atoms with Crippen molar-refractivity contribution >= 4 is 0 Å². The highest BCUT2D eigenvalue weighted by Crippen LogP contribution is 2.30. The molecule has 0 aromatic heterocycles. The summed E-state index contributed by atoms with van der Waals surface area (Å²) in [7, 11) is 0. The molecule has 1 aliphatic heterocycles. The molecule has 1 aromatic carbocycles. The Morgan fingerprint density at radius 2 is 2.33 bits per heavy atom. The summed E-state index contributed by atoms with van der Waals surface area (Å²) in [6, 6.07) is 4.36. The molecule has 2 nitrogen and oxygen atoms in total. The minimum atomic E-state index is 0.741. The van der Waals surface area contributed by atoms with Crippen molar-refractivity contribution in [3.8, 4) is 5.75 Å². The van der Waals surface area contributed by atoms with Crippen molar-refractivity contribution in [2.45, 2.75) is 26.8 Å². The van der Waals surface area contributed by atoms with Gasteiger partial charge in [-0.1, -0.05) is 19.1 Å². The molecule has 0 amide bonds. The van der Waals surface area contributed by atoms with Gasteiger partial charge in [-0.3, -0.25) is 0 Å². The normalized spacial score (nSPS) is 14.8. The van der Waals surface area contributed by atoms with E-state index < -0.39 is 0 Å². The maximum Gasteiger partial charge on any atom is 0.126 e. The van der Waals surface area contributed by atoms with Gasteiger partial charge in [-0.2, -0.15) is 0 Å². The van der Waals surface area contributed by atoms with Crippen molar-refractivity contribution in [2.24, 2.45) is 0 Å². The lowest BCUT2D eigenvalue weighted by molar-refractivity contribution is 0.332. The lowest BCUT2D eigenvalue weighted by Gasteiger charge is -2.22. The standard InChI is InChI=1S/C13H18NO/c1-3-10-5-6-11-9-14-8-7-12(11)13(10)15-4-2/h3,5-6,14H,4,7-9H2,1-2H3. The van der Waals surface area contributed by atoms with Crippen LogP contribution in [0.25, 0.3) is 0 Å². The van der Waals surface area contributed by atoms with Gasteiger partial charge in [-0.25, -0.2) is 0 Å². The lowest BCUT2D eigenvalue weighted by atomic mass is 9.96. The summed E-state index contributed by atoms with van der Waals surface area (Å²) in [6.07, 6.45) is 3.19. The predicted octanol–water partition coefficient (Wildman–Crippen LogP) is 2.30. The first-order valence-electron chi connectivity index (χ1n) is 5.64. The van der Waals surface area contributed by atoms with Crippen LogP contribution in [-0.4, -0.2) is 13.2 Å². The Morgan fingerprint density at radius 3 is 3.07 bits per heavy atom. The van der Waals surface area contributed by atoms with Crippen LogP contribution in [0.15, 0.2) is 12.1 Å². The van der Waals surface area contributed by atoms with E-state index in [0.717, 1.165) is 31.9 Å². The van der Waals surface area contributed by atoms with E-state index in [1.54, 1.807) is 0 Å². The van der Waals surface area contributed by atoms with E-state index in [2.05, 4.69) is 30.8 Å². The van der Waals surface area contributed by atoms with Crippen LogP contribution in [0, 0.1) is 6.42 Å². The van der Waals surface area contributed by atoms with Crippen LogP contribution < -0.4 is 10.1 Å². The SMILES string of the molecule is C[CH]c1ccc2c(c1OCC)CCNC2. The molecule has 1 aromatic rings. The van der Waals surface area contributed by atoms with Crippen molar-refractivity contribution in [1.29, 1.82) is 0 Å². The Hall–Kier alpha value is -1.02. The summed E-state index contributed by atoms with van der Waals surface area (Å²) in [5.41, 5.74) is 4.00. The summed E-state index contributed by atoms with van der Waals surface area (Å²) < 4.78 is 5.77. The lowest BCUT2D eigenvalue weighted by Crippen LogP contribution is -2.24. The summed E-state index contributed by atoms with van der Waals surface area (Å²) in [4.78, 5) is 0. The third kappa shape index (κ3) is 2.00. The first kappa shape index (κ1) is 10.5. The summed E-state index contributed by atoms with van der Waals surface area (Å²) in [6.45, 7) is 6.87. The average Bonchev–Trinajstić information content (AvgIpc) is 2.30. The zero-order valence-electron chi connectivity index (χ0n) is 9.47. The molecule has 0 fully saturated rings. The van der Waals surface area contributed by atoms with E-state index in [4.69, 9.17) is 4.74 Å². The van der Waals surface area contributed by atoms with E-state index in [9.17, 15) is 0 Å². The van der Waals surface area contributed by atoms with E-state index in [-0.39, 0.29) is 0 Å². The van der Waals surface area contributed by atoms with E-state index in [1.807, 2.05) is 6.92 Å². The van der Waals surface area contributed by atoms with Crippen molar-refractivity contribution in [3.05, 3.63) is 35.2 Å². The second-order valence-corrected chi connectivity index (χ2v) is 3.77. The monoisotopic (exact) mass is 204 g/mol. The summed E-state index contributed by atoms with van der Waals surface area (Å²) in [5, 5.41) is 3.38. The molecule has 15 heavy (non-hydrogen) atoms. The Labute approximate surface area is 91.6 Å². The fraction of sp³-hybridized carbons (Fsp3) is 0.462. The number of fused-ring (bicyclic) bond motifs is 1. The van der Waals surface area contributed by atoms with Crippen LogP contribution in [0.4, 0.5) is 0 Å². The van der Waals surface area contributed by atoms with Crippen molar-refractivity contribution in [1.82, 2.24) is 5.32 Å². The molecule has 0 spiro atoms. The maximum atomic E-state index is 5.77. The summed E-state index contributed by atoms with van der Waals surface area (Å²) in [5.74, 6) is 1.10. The van der Waals surface area contributed by atoms with Crippen molar-refractivity contribution in [2.75, 3.05) is 13.2 Å². The van der Waals surface area contributed by atoms with Crippen LogP contribution in [0.2, 0.25) is 0 Å². The molecular weight excluding hydrogens is 186 g/mol. The number of hydrogen-bond acceptors (Lipinski definition) is 2. The van der Waals surface area contributed by atoms with Crippen LogP contribution in [0.3, 0.4) is 0 Å². The van der Waals surface area contributed by atoms with Gasteiger partial charge in [0.05, 0.1) is 6.61 Å². The molecular formula is C13H18NO. The van der Waals surface area contributed by atoms with Gasteiger partial charge < -0.3 is 10.1 Å². The number of ether oxygens (including phenoxy) is 1. The molecule has 0 saturated heterocycles. The maximum absolute atomic E-state index is 5.77. The first-order chi connectivity index (χ1) is 7.36. The van der Waals surface area contributed by atoms with Gasteiger partial charge in [-0.05, 0) is 37.4 Å². The summed E-state index contributed by atoms with van der Waals surface area (Å²) >= 11 is 0. The third-order valence-electron chi connectivity index (χ3n) is 2.85. The highest BCUT2D eigenvalue weighted by molar-refractivity contribution is 5.50. The molecule has 0 unspecified atom stereocenters. The topological polar surface area (TPSA) is 21.3 Å². The number of nitrogens with one attached hydrogen (secondary N) is 1. The highest BCUT2D eigenvalue weighted by Gasteiger charge is 2.16. The van der Waals surface area contributed by atoms with E-state index >= 15 is 0 Å². The van der Waals surface area contributed by atoms with Gasteiger partial charge in [0.2, 0.25) is 0 Å². The first-order valence-corrected chi connectivity index (χ1v) is 5.64. The molecule has 0 atom stereocenters. The minimum Gasteiger partial charge on any atom is -0.493 e. The molecule has 0 bridgehead atoms. The Balaban J connectivity index is 2.44. The second kappa shape index (κ2) is 4.67. The molecule has 0 aliphatic carbocycles. The number of rotatable bonds is 3. The van der Waals surface area contributed by atoms with Gasteiger partial charge in [0, 0.05) is 12.1 Å². The number of hydrogen-bond donors (Lipinski definition) is 1. The van der Waals surface area contributed by atoms with Crippen molar-refractivity contribution < 1.29 is 4.74 Å². The Morgan fingerprint density at radius 1 is 1.47 bits per heavy atom. The van der Waals surface area contributed by atoms with Gasteiger partial charge in [-0.15, -0.1) is 0 Å². The van der Waals surface area contributed by atoms with Crippen LogP contribution >= 0.6 is 0 Å². The fourth-order valence-electron chi connectivity index (χ4n) is 2.10. The smallest absolute Gasteiger partial charge is 0.126 e. The van der Waals surface area contributed by atoms with Gasteiger partial charge >= 0.3 is 0 Å². The van der Waals surface area contributed by atoms with Crippen LogP contribution in [-0.2, 0) is 13.0 Å². The molecule has 1 radical (unpaired) electrons. The fourth-order valence-corrected chi connectivity index (χ4v) is 2.10. The average molecular weight is 204 g/mol. The predicted molar refractivity (Wildman–Crippen MR) is 62.1 cm³/mol. The van der Waals surface area contributed by atoms with E-state index in [0.29, 0.717) is 0 Å². The van der Waals surface area contributed by atoms with Crippen molar-refractivity contribution in [3.63, 3.8) is 0 Å². The molecule has 1 heterocycles. The molecule has 1 aliphatic rings. The Kier molecular flexibility index (Phi) is 3.27. The van der Waals surface area contributed by atoms with Crippen LogP contribution in [0.5, 0.6) is 5.75 Å².